The van der Waals surface area contributed by atoms with E-state index in [2.05, 4.69) is 24.9 Å². The Hall–Kier alpha value is -1.64. The average molecular weight is 271 g/mol. The predicted octanol–water partition coefficient (Wildman–Crippen LogP) is 4.34. The fourth-order valence-electron chi connectivity index (χ4n) is 3.59. The molecule has 2 aromatic rings. The summed E-state index contributed by atoms with van der Waals surface area (Å²) in [6.45, 7) is 8.12. The molecule has 1 aromatic carbocycles. The molecule has 0 amide bonds. The second-order valence-corrected chi connectivity index (χ2v) is 6.14. The lowest BCUT2D eigenvalue weighted by Crippen LogP contribution is -2.08. The number of hydrogen-bond acceptors (Lipinski definition) is 3. The van der Waals surface area contributed by atoms with Gasteiger partial charge < -0.3 is 9.21 Å². The maximum atomic E-state index is 11.3. The van der Waals surface area contributed by atoms with Gasteiger partial charge in [0.25, 0.3) is 0 Å². The van der Waals surface area contributed by atoms with Crippen LogP contribution in [0.5, 0.6) is 0 Å². The fourth-order valence-corrected chi connectivity index (χ4v) is 3.59. The molecular weight excluding hydrogens is 250 g/mol. The summed E-state index contributed by atoms with van der Waals surface area (Å²) >= 11 is 0. The molecule has 0 aliphatic heterocycles. The van der Waals surface area contributed by atoms with E-state index in [0.29, 0.717) is 30.1 Å². The lowest BCUT2D eigenvalue weighted by molar-refractivity contribution is -0.117. The van der Waals surface area contributed by atoms with Crippen molar-refractivity contribution in [1.29, 1.82) is 0 Å². The first-order valence-electron chi connectivity index (χ1n) is 7.38. The third kappa shape index (κ3) is 1.96. The summed E-state index contributed by atoms with van der Waals surface area (Å²) < 4.78 is 5.66. The maximum Gasteiger partial charge on any atom is 0.192 e. The smallest absolute Gasteiger partial charge is 0.192 e. The molecule has 0 N–H and O–H groups in total. The van der Waals surface area contributed by atoms with E-state index in [4.69, 9.17) is 4.42 Å². The van der Waals surface area contributed by atoms with Crippen molar-refractivity contribution in [3.05, 3.63) is 29.2 Å². The lowest BCUT2D eigenvalue weighted by Gasteiger charge is -2.18. The van der Waals surface area contributed by atoms with Gasteiger partial charge in [-0.05, 0) is 48.3 Å². The van der Waals surface area contributed by atoms with Crippen molar-refractivity contribution < 1.29 is 9.21 Å². The summed E-state index contributed by atoms with van der Waals surface area (Å²) in [5.41, 5.74) is 4.58. The number of aryl methyl sites for hydroxylation is 1. The van der Waals surface area contributed by atoms with Crippen LogP contribution in [0.15, 0.2) is 16.5 Å². The van der Waals surface area contributed by atoms with Crippen molar-refractivity contribution in [2.45, 2.75) is 52.4 Å². The fraction of sp³-hybridized carbons (Fsp3) is 0.529. The Balaban J connectivity index is 2.11. The number of aromatic nitrogens is 1. The first-order chi connectivity index (χ1) is 9.49. The lowest BCUT2D eigenvalue weighted by atomic mass is 9.86. The Kier molecular flexibility index (Phi) is 3.15. The van der Waals surface area contributed by atoms with E-state index < -0.39 is 0 Å². The van der Waals surface area contributed by atoms with Crippen LogP contribution in [0.1, 0.15) is 62.5 Å². The highest BCUT2D eigenvalue weighted by molar-refractivity contribution is 5.80. The first kappa shape index (κ1) is 13.3. The van der Waals surface area contributed by atoms with Crippen molar-refractivity contribution in [3.8, 4) is 0 Å². The molecule has 0 fully saturated rings. The van der Waals surface area contributed by atoms with Crippen molar-refractivity contribution in [3.63, 3.8) is 0 Å². The highest BCUT2D eigenvalue weighted by atomic mass is 16.3. The van der Waals surface area contributed by atoms with Gasteiger partial charge >= 0.3 is 0 Å². The molecule has 0 bridgehead atoms. The monoisotopic (exact) mass is 271 g/mol. The van der Waals surface area contributed by atoms with Crippen LogP contribution in [0.4, 0.5) is 0 Å². The quantitative estimate of drug-likeness (QED) is 0.833. The third-order valence-corrected chi connectivity index (χ3v) is 4.83. The zero-order chi connectivity index (χ0) is 14.4. The molecule has 0 saturated heterocycles. The minimum atomic E-state index is 0.266. The van der Waals surface area contributed by atoms with Gasteiger partial charge in [0.1, 0.15) is 11.3 Å². The molecule has 0 radical (unpaired) electrons. The minimum absolute atomic E-state index is 0.266. The molecule has 1 aromatic heterocycles. The molecule has 3 heteroatoms. The second-order valence-electron chi connectivity index (χ2n) is 6.14. The van der Waals surface area contributed by atoms with E-state index in [0.717, 1.165) is 17.5 Å². The highest BCUT2D eigenvalue weighted by Crippen LogP contribution is 2.50. The number of carbonyl (C=O) groups is 1. The van der Waals surface area contributed by atoms with Gasteiger partial charge in [0.05, 0.1) is 0 Å². The van der Waals surface area contributed by atoms with E-state index in [1.807, 2.05) is 13.0 Å². The topological polar surface area (TPSA) is 43.1 Å². The van der Waals surface area contributed by atoms with Crippen LogP contribution < -0.4 is 0 Å². The summed E-state index contributed by atoms with van der Waals surface area (Å²) in [4.78, 5) is 15.9. The van der Waals surface area contributed by atoms with Crippen LogP contribution in [-0.4, -0.2) is 10.8 Å². The molecule has 0 spiro atoms. The Morgan fingerprint density at radius 2 is 2.10 bits per heavy atom. The zero-order valence-corrected chi connectivity index (χ0v) is 12.6. The largest absolute Gasteiger partial charge is 0.441 e. The van der Waals surface area contributed by atoms with Gasteiger partial charge in [0.15, 0.2) is 11.5 Å². The summed E-state index contributed by atoms with van der Waals surface area (Å²) in [6.07, 6.45) is 1.56. The Bertz CT molecular complexity index is 671. The number of carbonyl (C=O) groups excluding carboxylic acids is 1. The Morgan fingerprint density at radius 3 is 2.80 bits per heavy atom. The number of ketones is 1. The zero-order valence-electron chi connectivity index (χ0n) is 12.6. The average Bonchev–Trinajstić information content (AvgIpc) is 2.87. The van der Waals surface area contributed by atoms with Crippen LogP contribution >= 0.6 is 0 Å². The van der Waals surface area contributed by atoms with Crippen molar-refractivity contribution >= 4 is 16.9 Å². The highest BCUT2D eigenvalue weighted by Gasteiger charge is 2.37. The standard InChI is InChI=1S/C17H21NO2/c1-9(19)5-6-13-10(2)11(3)14-7-8-15-17(16(13)14)18-12(4)20-15/h7-8,10-11,13H,5-6H2,1-4H3. The molecule has 0 saturated carbocycles. The van der Waals surface area contributed by atoms with E-state index >= 15 is 0 Å². The first-order valence-corrected chi connectivity index (χ1v) is 7.38. The van der Waals surface area contributed by atoms with Crippen LogP contribution in [-0.2, 0) is 4.79 Å². The number of oxazole rings is 1. The SMILES string of the molecule is CC(=O)CCC1c2c(ccc3oc(C)nc23)C(C)C1C. The molecule has 3 atom stereocenters. The van der Waals surface area contributed by atoms with Gasteiger partial charge in [-0.25, -0.2) is 4.98 Å². The molecule has 1 heterocycles. The molecule has 1 aliphatic carbocycles. The number of hydrogen-bond donors (Lipinski definition) is 0. The summed E-state index contributed by atoms with van der Waals surface area (Å²) in [5, 5.41) is 0. The molecule has 20 heavy (non-hydrogen) atoms. The molecular formula is C17H21NO2. The van der Waals surface area contributed by atoms with Gasteiger partial charge in [-0.3, -0.25) is 0 Å². The molecule has 3 unspecified atom stereocenters. The summed E-state index contributed by atoms with van der Waals surface area (Å²) in [5.74, 6) is 2.46. The van der Waals surface area contributed by atoms with E-state index in [9.17, 15) is 4.79 Å². The van der Waals surface area contributed by atoms with Crippen molar-refractivity contribution in [2.24, 2.45) is 5.92 Å². The van der Waals surface area contributed by atoms with Crippen LogP contribution in [0.3, 0.4) is 0 Å². The van der Waals surface area contributed by atoms with Crippen LogP contribution in [0, 0.1) is 12.8 Å². The molecule has 3 rings (SSSR count). The van der Waals surface area contributed by atoms with Gasteiger partial charge in [-0.1, -0.05) is 19.9 Å². The Labute approximate surface area is 119 Å². The van der Waals surface area contributed by atoms with E-state index in [-0.39, 0.29) is 5.78 Å². The number of fused-ring (bicyclic) bond motifs is 3. The number of rotatable bonds is 3. The number of nitrogens with zero attached hydrogens (tertiary/aromatic N) is 1. The predicted molar refractivity (Wildman–Crippen MR) is 79.0 cm³/mol. The van der Waals surface area contributed by atoms with Crippen LogP contribution in [0.2, 0.25) is 0 Å². The van der Waals surface area contributed by atoms with E-state index in [1.54, 1.807) is 6.92 Å². The van der Waals surface area contributed by atoms with Gasteiger partial charge in [0, 0.05) is 13.3 Å². The van der Waals surface area contributed by atoms with Crippen molar-refractivity contribution in [2.75, 3.05) is 0 Å². The molecule has 1 aliphatic rings. The molecule has 106 valence electrons. The van der Waals surface area contributed by atoms with Gasteiger partial charge in [0.2, 0.25) is 0 Å². The minimum Gasteiger partial charge on any atom is -0.441 e. The van der Waals surface area contributed by atoms with Crippen molar-refractivity contribution in [1.82, 2.24) is 4.98 Å². The summed E-state index contributed by atoms with van der Waals surface area (Å²) in [6, 6.07) is 4.21. The normalized spacial score (nSPS) is 25.1. The van der Waals surface area contributed by atoms with Gasteiger partial charge in [-0.15, -0.1) is 0 Å². The Morgan fingerprint density at radius 1 is 1.35 bits per heavy atom. The molecule has 3 nitrogen and oxygen atoms in total. The van der Waals surface area contributed by atoms with Crippen LogP contribution in [0.25, 0.3) is 11.1 Å². The summed E-state index contributed by atoms with van der Waals surface area (Å²) in [7, 11) is 0. The second kappa shape index (κ2) is 4.72. The number of benzene rings is 1. The van der Waals surface area contributed by atoms with E-state index in [1.165, 1.54) is 11.1 Å². The van der Waals surface area contributed by atoms with Gasteiger partial charge in [-0.2, -0.15) is 0 Å². The third-order valence-electron chi connectivity index (χ3n) is 4.83. The maximum absolute atomic E-state index is 11.3. The number of Topliss-reactive ketones (excluding diaryl/α,β-unsaturated/α-hetero) is 1.